The third-order valence-electron chi connectivity index (χ3n) is 4.33. The average Bonchev–Trinajstić information content (AvgIpc) is 2.79. The zero-order chi connectivity index (χ0) is 21.9. The van der Waals surface area contributed by atoms with Crippen molar-refractivity contribution in [3.8, 4) is 5.75 Å². The zero-order valence-corrected chi connectivity index (χ0v) is 17.6. The van der Waals surface area contributed by atoms with Gasteiger partial charge in [0.2, 0.25) is 0 Å². The number of rotatable bonds is 10. The fourth-order valence-corrected chi connectivity index (χ4v) is 2.82. The number of alkyl halides is 1. The number of ether oxygens (including phenoxy) is 3. The molecule has 0 unspecified atom stereocenters. The van der Waals surface area contributed by atoms with E-state index < -0.39 is 23.9 Å². The molecule has 1 atom stereocenters. The van der Waals surface area contributed by atoms with Crippen molar-refractivity contribution in [2.24, 2.45) is 0 Å². The molecule has 2 aromatic carbocycles. The van der Waals surface area contributed by atoms with Crippen LogP contribution in [0.25, 0.3) is 0 Å². The van der Waals surface area contributed by atoms with Gasteiger partial charge in [-0.25, -0.2) is 4.79 Å². The van der Waals surface area contributed by atoms with E-state index in [4.69, 9.17) is 21.1 Å². The molecule has 0 aliphatic heterocycles. The second-order valence-corrected chi connectivity index (χ2v) is 6.70. The Labute approximate surface area is 180 Å². The summed E-state index contributed by atoms with van der Waals surface area (Å²) in [5, 5.41) is 2.60. The first-order valence-corrected chi connectivity index (χ1v) is 9.82. The fourth-order valence-electron chi connectivity index (χ4n) is 2.64. The molecule has 0 bridgehead atoms. The Balaban J connectivity index is 2.00. The Morgan fingerprint density at radius 1 is 1.00 bits per heavy atom. The Bertz CT molecular complexity index is 868. The third kappa shape index (κ3) is 7.08. The highest BCUT2D eigenvalue weighted by molar-refractivity contribution is 6.17. The van der Waals surface area contributed by atoms with Crippen LogP contribution in [0.1, 0.15) is 34.3 Å². The second kappa shape index (κ2) is 11.8. The van der Waals surface area contributed by atoms with Crippen LogP contribution in [0.15, 0.2) is 48.5 Å². The van der Waals surface area contributed by atoms with Gasteiger partial charge in [-0.15, -0.1) is 11.6 Å². The van der Waals surface area contributed by atoms with Crippen LogP contribution >= 0.6 is 11.6 Å². The van der Waals surface area contributed by atoms with Crippen LogP contribution in [0.2, 0.25) is 0 Å². The summed E-state index contributed by atoms with van der Waals surface area (Å²) in [6.45, 7) is 0.268. The SMILES string of the molecule is COC(=O)CC[C@@H](NC(=O)c1cccc(COc2ccc(CCl)cc2)c1)C(=O)OC. The van der Waals surface area contributed by atoms with E-state index >= 15 is 0 Å². The molecule has 0 aliphatic rings. The maximum absolute atomic E-state index is 12.6. The van der Waals surface area contributed by atoms with Crippen LogP contribution in [0, 0.1) is 0 Å². The molecule has 1 N–H and O–H groups in total. The molecule has 0 heterocycles. The van der Waals surface area contributed by atoms with Crippen molar-refractivity contribution in [2.75, 3.05) is 14.2 Å². The molecule has 2 rings (SSSR count). The summed E-state index contributed by atoms with van der Waals surface area (Å²) < 4.78 is 15.0. The summed E-state index contributed by atoms with van der Waals surface area (Å²) >= 11 is 5.78. The van der Waals surface area contributed by atoms with Gasteiger partial charge in [-0.1, -0.05) is 24.3 Å². The van der Waals surface area contributed by atoms with Gasteiger partial charge >= 0.3 is 11.9 Å². The van der Waals surface area contributed by atoms with Crippen LogP contribution in [0.5, 0.6) is 5.75 Å². The van der Waals surface area contributed by atoms with Gasteiger partial charge in [-0.3, -0.25) is 9.59 Å². The van der Waals surface area contributed by atoms with Crippen molar-refractivity contribution in [3.63, 3.8) is 0 Å². The third-order valence-corrected chi connectivity index (χ3v) is 4.64. The Kier molecular flexibility index (Phi) is 9.15. The summed E-state index contributed by atoms with van der Waals surface area (Å²) in [6.07, 6.45) is 0.0547. The van der Waals surface area contributed by atoms with E-state index in [1.807, 2.05) is 30.3 Å². The monoisotopic (exact) mass is 433 g/mol. The maximum Gasteiger partial charge on any atom is 0.328 e. The highest BCUT2D eigenvalue weighted by Gasteiger charge is 2.23. The van der Waals surface area contributed by atoms with Crippen LogP contribution in [-0.2, 0) is 31.5 Å². The van der Waals surface area contributed by atoms with E-state index in [9.17, 15) is 14.4 Å². The molecule has 0 radical (unpaired) electrons. The Morgan fingerprint density at radius 2 is 1.73 bits per heavy atom. The van der Waals surface area contributed by atoms with E-state index in [0.29, 0.717) is 17.2 Å². The molecule has 2 aromatic rings. The molecular formula is C22H24ClNO6. The van der Waals surface area contributed by atoms with Crippen molar-refractivity contribution in [1.82, 2.24) is 5.32 Å². The van der Waals surface area contributed by atoms with E-state index in [0.717, 1.165) is 11.1 Å². The summed E-state index contributed by atoms with van der Waals surface area (Å²) in [5.41, 5.74) is 2.14. The van der Waals surface area contributed by atoms with Gasteiger partial charge in [-0.05, 0) is 41.8 Å². The molecule has 0 fully saturated rings. The quantitative estimate of drug-likeness (QED) is 0.457. The van der Waals surface area contributed by atoms with Crippen molar-refractivity contribution in [3.05, 3.63) is 65.2 Å². The van der Waals surface area contributed by atoms with Crippen molar-refractivity contribution in [1.29, 1.82) is 0 Å². The van der Waals surface area contributed by atoms with E-state index in [1.165, 1.54) is 14.2 Å². The lowest BCUT2D eigenvalue weighted by Gasteiger charge is -2.16. The number of carbonyl (C=O) groups excluding carboxylic acids is 3. The second-order valence-electron chi connectivity index (χ2n) is 6.43. The Hall–Kier alpha value is -3.06. The summed E-state index contributed by atoms with van der Waals surface area (Å²) in [7, 11) is 2.48. The first kappa shape index (κ1) is 23.2. The van der Waals surface area contributed by atoms with E-state index in [-0.39, 0.29) is 19.4 Å². The summed E-state index contributed by atoms with van der Waals surface area (Å²) in [6, 6.07) is 13.3. The first-order chi connectivity index (χ1) is 14.5. The van der Waals surface area contributed by atoms with E-state index in [2.05, 4.69) is 10.1 Å². The summed E-state index contributed by atoms with van der Waals surface area (Å²) in [4.78, 5) is 35.9. The van der Waals surface area contributed by atoms with Crippen molar-refractivity contribution < 1.29 is 28.6 Å². The number of hydrogen-bond donors (Lipinski definition) is 1. The zero-order valence-electron chi connectivity index (χ0n) is 16.9. The molecule has 0 saturated heterocycles. The normalized spacial score (nSPS) is 11.3. The highest BCUT2D eigenvalue weighted by Crippen LogP contribution is 2.16. The minimum atomic E-state index is -0.957. The lowest BCUT2D eigenvalue weighted by atomic mass is 10.1. The number of carbonyl (C=O) groups is 3. The van der Waals surface area contributed by atoms with Crippen LogP contribution in [0.3, 0.4) is 0 Å². The van der Waals surface area contributed by atoms with E-state index in [1.54, 1.807) is 18.2 Å². The van der Waals surface area contributed by atoms with Gasteiger partial charge in [0.15, 0.2) is 0 Å². The number of halogens is 1. The fraction of sp³-hybridized carbons (Fsp3) is 0.318. The molecule has 0 aromatic heterocycles. The topological polar surface area (TPSA) is 90.9 Å². The van der Waals surface area contributed by atoms with Gasteiger partial charge in [-0.2, -0.15) is 0 Å². The van der Waals surface area contributed by atoms with Crippen molar-refractivity contribution >= 4 is 29.4 Å². The predicted octanol–water partition coefficient (Wildman–Crippen LogP) is 3.23. The predicted molar refractivity (Wildman–Crippen MR) is 111 cm³/mol. The Morgan fingerprint density at radius 3 is 2.37 bits per heavy atom. The standard InChI is InChI=1S/C22H24ClNO6/c1-28-20(25)11-10-19(22(27)29-2)24-21(26)17-5-3-4-16(12-17)14-30-18-8-6-15(13-23)7-9-18/h3-9,12,19H,10-11,13-14H2,1-2H3,(H,24,26)/t19-/m1/s1. The smallest absolute Gasteiger partial charge is 0.328 e. The molecule has 0 aliphatic carbocycles. The summed E-state index contributed by atoms with van der Waals surface area (Å²) in [5.74, 6) is -0.441. The molecule has 1 amide bonds. The number of hydrogen-bond acceptors (Lipinski definition) is 6. The molecular weight excluding hydrogens is 410 g/mol. The first-order valence-electron chi connectivity index (χ1n) is 9.29. The van der Waals surface area contributed by atoms with Gasteiger partial charge < -0.3 is 19.5 Å². The highest BCUT2D eigenvalue weighted by atomic mass is 35.5. The number of amides is 1. The van der Waals surface area contributed by atoms with Crippen LogP contribution < -0.4 is 10.1 Å². The maximum atomic E-state index is 12.6. The van der Waals surface area contributed by atoms with Gasteiger partial charge in [0.1, 0.15) is 18.4 Å². The molecule has 0 spiro atoms. The average molecular weight is 434 g/mol. The van der Waals surface area contributed by atoms with Gasteiger partial charge in [0, 0.05) is 17.9 Å². The molecule has 7 nitrogen and oxygen atoms in total. The minimum Gasteiger partial charge on any atom is -0.489 e. The molecule has 8 heteroatoms. The molecule has 160 valence electrons. The largest absolute Gasteiger partial charge is 0.489 e. The molecule has 0 saturated carbocycles. The number of nitrogens with one attached hydrogen (secondary N) is 1. The molecule has 30 heavy (non-hydrogen) atoms. The van der Waals surface area contributed by atoms with Crippen molar-refractivity contribution in [2.45, 2.75) is 31.4 Å². The lowest BCUT2D eigenvalue weighted by molar-refractivity contribution is -0.144. The minimum absolute atomic E-state index is 0.0209. The number of esters is 2. The number of methoxy groups -OCH3 is 2. The van der Waals surface area contributed by atoms with Crippen LogP contribution in [0.4, 0.5) is 0 Å². The van der Waals surface area contributed by atoms with Gasteiger partial charge in [0.05, 0.1) is 14.2 Å². The van der Waals surface area contributed by atoms with Gasteiger partial charge in [0.25, 0.3) is 5.91 Å². The number of benzene rings is 2. The van der Waals surface area contributed by atoms with Crippen LogP contribution in [-0.4, -0.2) is 38.1 Å². The lowest BCUT2D eigenvalue weighted by Crippen LogP contribution is -2.41.